The average Bonchev–Trinajstić information content (AvgIpc) is 2.86. The van der Waals surface area contributed by atoms with E-state index >= 15 is 0 Å². The molecule has 2 atom stereocenters. The van der Waals surface area contributed by atoms with Gasteiger partial charge in [-0.3, -0.25) is 0 Å². The zero-order valence-electron chi connectivity index (χ0n) is 12.3. The van der Waals surface area contributed by atoms with Crippen LogP contribution in [0.5, 0.6) is 6.01 Å². The smallest absolute Gasteiger partial charge is 0.323 e. The van der Waals surface area contributed by atoms with Gasteiger partial charge in [-0.25, -0.2) is 0 Å². The number of thioether (sulfide) groups is 1. The minimum absolute atomic E-state index is 0.375. The lowest BCUT2D eigenvalue weighted by atomic mass is 10.2. The molecular weight excluding hydrogens is 274 g/mol. The van der Waals surface area contributed by atoms with Crippen molar-refractivity contribution in [1.29, 1.82) is 0 Å². The van der Waals surface area contributed by atoms with Gasteiger partial charge in [-0.2, -0.15) is 26.7 Å². The van der Waals surface area contributed by atoms with E-state index in [1.54, 1.807) is 0 Å². The zero-order chi connectivity index (χ0) is 14.4. The summed E-state index contributed by atoms with van der Waals surface area (Å²) in [5.41, 5.74) is 0. The molecule has 1 saturated carbocycles. The van der Waals surface area contributed by atoms with Crippen LogP contribution in [0.2, 0.25) is 0 Å². The van der Waals surface area contributed by atoms with Crippen molar-refractivity contribution in [3.63, 3.8) is 0 Å². The van der Waals surface area contributed by atoms with Gasteiger partial charge in [0.25, 0.3) is 0 Å². The molecule has 0 spiro atoms. The van der Waals surface area contributed by atoms with Gasteiger partial charge in [0, 0.05) is 17.8 Å². The third-order valence-corrected chi connectivity index (χ3v) is 4.46. The molecule has 0 bridgehead atoms. The van der Waals surface area contributed by atoms with Crippen LogP contribution in [-0.2, 0) is 0 Å². The fraction of sp³-hybridized carbons (Fsp3) is 0.769. The highest BCUT2D eigenvalue weighted by atomic mass is 32.2. The Hall–Kier alpha value is -1.24. The van der Waals surface area contributed by atoms with Gasteiger partial charge in [0.1, 0.15) is 0 Å². The summed E-state index contributed by atoms with van der Waals surface area (Å²) in [6, 6.07) is 0.802. The Balaban J connectivity index is 2.12. The second-order valence-corrected chi connectivity index (χ2v) is 5.76. The lowest BCUT2D eigenvalue weighted by Gasteiger charge is -2.19. The Kier molecular flexibility index (Phi) is 5.70. The summed E-state index contributed by atoms with van der Waals surface area (Å²) in [5.74, 6) is 1.16. The van der Waals surface area contributed by atoms with Crippen LogP contribution in [0.1, 0.15) is 33.1 Å². The molecule has 0 radical (unpaired) electrons. The molecule has 6 nitrogen and oxygen atoms in total. The minimum atomic E-state index is 0.375. The van der Waals surface area contributed by atoms with E-state index in [9.17, 15) is 0 Å². The molecule has 0 amide bonds. The molecule has 1 aromatic rings. The Morgan fingerprint density at radius 1 is 1.20 bits per heavy atom. The first-order chi connectivity index (χ1) is 9.76. The highest BCUT2D eigenvalue weighted by Crippen LogP contribution is 2.30. The second kappa shape index (κ2) is 7.52. The van der Waals surface area contributed by atoms with Gasteiger partial charge < -0.3 is 15.4 Å². The number of aromatic nitrogens is 3. The van der Waals surface area contributed by atoms with Crippen LogP contribution in [0.25, 0.3) is 0 Å². The number of ether oxygens (including phenoxy) is 1. The van der Waals surface area contributed by atoms with Crippen molar-refractivity contribution in [3.05, 3.63) is 0 Å². The van der Waals surface area contributed by atoms with Gasteiger partial charge in [-0.05, 0) is 32.9 Å². The zero-order valence-corrected chi connectivity index (χ0v) is 13.2. The van der Waals surface area contributed by atoms with Crippen LogP contribution in [-0.4, -0.2) is 45.7 Å². The molecule has 7 heteroatoms. The minimum Gasteiger partial charge on any atom is -0.464 e. The molecule has 2 N–H and O–H groups in total. The van der Waals surface area contributed by atoms with Crippen LogP contribution in [0, 0.1) is 0 Å². The first-order valence-electron chi connectivity index (χ1n) is 7.18. The number of hydrogen-bond acceptors (Lipinski definition) is 7. The normalized spacial score (nSPS) is 21.8. The summed E-state index contributed by atoms with van der Waals surface area (Å²) in [6.07, 6.45) is 5.83. The van der Waals surface area contributed by atoms with E-state index in [1.807, 2.05) is 25.6 Å². The van der Waals surface area contributed by atoms with E-state index in [0.717, 1.165) is 13.0 Å². The van der Waals surface area contributed by atoms with Gasteiger partial charge in [0.2, 0.25) is 11.9 Å². The molecule has 2 unspecified atom stereocenters. The largest absolute Gasteiger partial charge is 0.464 e. The van der Waals surface area contributed by atoms with Crippen LogP contribution in [0.15, 0.2) is 0 Å². The molecule has 0 aromatic carbocycles. The van der Waals surface area contributed by atoms with E-state index in [4.69, 9.17) is 4.74 Å². The Morgan fingerprint density at radius 2 is 2.00 bits per heavy atom. The van der Waals surface area contributed by atoms with Crippen LogP contribution >= 0.6 is 11.8 Å². The predicted octanol–water partition coefficient (Wildman–Crippen LogP) is 2.40. The summed E-state index contributed by atoms with van der Waals surface area (Å²) in [6.45, 7) is 5.25. The lowest BCUT2D eigenvalue weighted by molar-refractivity contribution is 0.312. The maximum atomic E-state index is 5.40. The summed E-state index contributed by atoms with van der Waals surface area (Å²) in [4.78, 5) is 13.0. The molecular formula is C13H23N5OS. The standard InChI is InChI=1S/C13H23N5OS/c1-4-14-11-16-12(18-13(17-11)19-5-2)15-9-7-6-8-10(9)20-3/h9-10H,4-8H2,1-3H3,(H2,14,15,16,17,18). The first kappa shape index (κ1) is 15.2. The Morgan fingerprint density at radius 3 is 2.70 bits per heavy atom. The van der Waals surface area contributed by atoms with E-state index in [2.05, 4.69) is 31.8 Å². The number of nitrogens with one attached hydrogen (secondary N) is 2. The SMILES string of the molecule is CCNc1nc(NC2CCCC2SC)nc(OCC)n1. The number of anilines is 2. The van der Waals surface area contributed by atoms with Crippen LogP contribution in [0.4, 0.5) is 11.9 Å². The fourth-order valence-corrected chi connectivity index (χ4v) is 3.33. The molecule has 112 valence electrons. The van der Waals surface area contributed by atoms with E-state index in [-0.39, 0.29) is 0 Å². The van der Waals surface area contributed by atoms with Crippen LogP contribution < -0.4 is 15.4 Å². The number of rotatable bonds is 7. The van der Waals surface area contributed by atoms with Crippen molar-refractivity contribution < 1.29 is 4.74 Å². The third-order valence-electron chi connectivity index (χ3n) is 3.29. The predicted molar refractivity (Wildman–Crippen MR) is 83.7 cm³/mol. The summed E-state index contributed by atoms with van der Waals surface area (Å²) in [5, 5.41) is 7.18. The number of hydrogen-bond donors (Lipinski definition) is 2. The quantitative estimate of drug-likeness (QED) is 0.800. The van der Waals surface area contributed by atoms with Crippen molar-refractivity contribution >= 4 is 23.7 Å². The molecule has 0 saturated heterocycles. The monoisotopic (exact) mass is 297 g/mol. The molecule has 1 aliphatic rings. The average molecular weight is 297 g/mol. The fourth-order valence-electron chi connectivity index (χ4n) is 2.39. The van der Waals surface area contributed by atoms with E-state index in [1.165, 1.54) is 12.8 Å². The maximum Gasteiger partial charge on any atom is 0.323 e. The van der Waals surface area contributed by atoms with E-state index < -0.39 is 0 Å². The molecule has 1 fully saturated rings. The van der Waals surface area contributed by atoms with Crippen molar-refractivity contribution in [2.45, 2.75) is 44.4 Å². The molecule has 1 aromatic heterocycles. The highest BCUT2D eigenvalue weighted by molar-refractivity contribution is 7.99. The van der Waals surface area contributed by atoms with Gasteiger partial charge in [0.05, 0.1) is 6.61 Å². The van der Waals surface area contributed by atoms with Crippen molar-refractivity contribution in [2.75, 3.05) is 30.0 Å². The highest BCUT2D eigenvalue weighted by Gasteiger charge is 2.27. The Labute approximate surface area is 124 Å². The van der Waals surface area contributed by atoms with Gasteiger partial charge in [-0.15, -0.1) is 0 Å². The Bertz CT molecular complexity index is 407. The number of nitrogens with zero attached hydrogens (tertiary/aromatic N) is 3. The van der Waals surface area contributed by atoms with Crippen molar-refractivity contribution in [1.82, 2.24) is 15.0 Å². The van der Waals surface area contributed by atoms with Crippen molar-refractivity contribution in [3.8, 4) is 6.01 Å². The van der Waals surface area contributed by atoms with Crippen molar-refractivity contribution in [2.24, 2.45) is 0 Å². The summed E-state index contributed by atoms with van der Waals surface area (Å²) < 4.78 is 5.40. The van der Waals surface area contributed by atoms with Crippen LogP contribution in [0.3, 0.4) is 0 Å². The van der Waals surface area contributed by atoms with Gasteiger partial charge >= 0.3 is 6.01 Å². The second-order valence-electron chi connectivity index (χ2n) is 4.68. The maximum absolute atomic E-state index is 5.40. The molecule has 20 heavy (non-hydrogen) atoms. The third kappa shape index (κ3) is 3.88. The van der Waals surface area contributed by atoms with Gasteiger partial charge in [0.15, 0.2) is 0 Å². The molecule has 1 heterocycles. The molecule has 0 aliphatic heterocycles. The molecule has 1 aliphatic carbocycles. The topological polar surface area (TPSA) is 72.0 Å². The first-order valence-corrected chi connectivity index (χ1v) is 8.47. The van der Waals surface area contributed by atoms with E-state index in [0.29, 0.717) is 35.8 Å². The molecule has 2 rings (SSSR count). The summed E-state index contributed by atoms with van der Waals surface area (Å²) >= 11 is 1.91. The lowest BCUT2D eigenvalue weighted by Crippen LogP contribution is -2.27. The summed E-state index contributed by atoms with van der Waals surface area (Å²) in [7, 11) is 0. The van der Waals surface area contributed by atoms with Gasteiger partial charge in [-0.1, -0.05) is 6.42 Å².